The number of hydrogen-bond donors (Lipinski definition) is 0. The molecule has 0 radical (unpaired) electrons. The molecule has 0 N–H and O–H groups in total. The summed E-state index contributed by atoms with van der Waals surface area (Å²) >= 11 is 12.2. The summed E-state index contributed by atoms with van der Waals surface area (Å²) in [6.07, 6.45) is -4.86. The first-order chi connectivity index (χ1) is 16.9. The topological polar surface area (TPSA) is 70.4 Å². The highest BCUT2D eigenvalue weighted by Crippen LogP contribution is 2.76. The Bertz CT molecular complexity index is 1430. The highest BCUT2D eigenvalue weighted by molar-refractivity contribution is 6.36. The summed E-state index contributed by atoms with van der Waals surface area (Å²) in [5.74, 6) is -2.25. The van der Waals surface area contributed by atoms with Crippen molar-refractivity contribution in [3.63, 3.8) is 0 Å². The smallest absolute Gasteiger partial charge is 0.406 e. The zero-order chi connectivity index (χ0) is 26.0. The van der Waals surface area contributed by atoms with Gasteiger partial charge in [0.15, 0.2) is 0 Å². The van der Waals surface area contributed by atoms with E-state index in [1.165, 1.54) is 30.3 Å². The van der Waals surface area contributed by atoms with Crippen molar-refractivity contribution >= 4 is 40.7 Å². The Morgan fingerprint density at radius 1 is 0.944 bits per heavy atom. The van der Waals surface area contributed by atoms with Gasteiger partial charge in [0.05, 0.1) is 28.7 Å². The largest absolute Gasteiger partial charge is 0.573 e. The lowest BCUT2D eigenvalue weighted by Gasteiger charge is -2.30. The molecule has 3 aromatic rings. The summed E-state index contributed by atoms with van der Waals surface area (Å²) in [5, 5.41) is 9.70. The average Bonchev–Trinajstić information content (AvgIpc) is 3.32. The third kappa shape index (κ3) is 3.38. The summed E-state index contributed by atoms with van der Waals surface area (Å²) < 4.78 is 42.0. The zero-order valence-corrected chi connectivity index (χ0v) is 19.9. The van der Waals surface area contributed by atoms with Gasteiger partial charge in [0.25, 0.3) is 0 Å². The summed E-state index contributed by atoms with van der Waals surface area (Å²) in [7, 11) is 0. The predicted octanol–water partition coefficient (Wildman–Crippen LogP) is 6.26. The van der Waals surface area contributed by atoms with Crippen LogP contribution in [-0.2, 0) is 15.0 Å². The molecule has 3 atom stereocenters. The Morgan fingerprint density at radius 2 is 1.47 bits per heavy atom. The van der Waals surface area contributed by atoms with Crippen LogP contribution in [0, 0.1) is 22.7 Å². The summed E-state index contributed by atoms with van der Waals surface area (Å²) in [4.78, 5) is 28.6. The lowest BCUT2D eigenvalue weighted by Crippen LogP contribution is -2.42. The molecular weight excluding hydrogens is 516 g/mol. The van der Waals surface area contributed by atoms with Gasteiger partial charge in [-0.05, 0) is 60.5 Å². The molecule has 1 saturated carbocycles. The second kappa shape index (κ2) is 7.99. The fourth-order valence-corrected chi connectivity index (χ4v) is 6.06. The Hall–Kier alpha value is -3.54. The van der Waals surface area contributed by atoms with E-state index in [0.29, 0.717) is 16.7 Å². The molecule has 3 aromatic carbocycles. The van der Waals surface area contributed by atoms with Gasteiger partial charge in [0, 0.05) is 15.5 Å². The fraction of sp³-hybridized carbons (Fsp3) is 0.192. The second-order valence-electron chi connectivity index (χ2n) is 8.81. The van der Waals surface area contributed by atoms with Gasteiger partial charge in [-0.15, -0.1) is 13.2 Å². The number of amides is 2. The van der Waals surface area contributed by atoms with Crippen LogP contribution < -0.4 is 9.64 Å². The molecule has 0 spiro atoms. The van der Waals surface area contributed by atoms with Crippen LogP contribution in [0.25, 0.3) is 0 Å². The summed E-state index contributed by atoms with van der Waals surface area (Å²) in [6.45, 7) is 1.66. The first kappa shape index (κ1) is 24.2. The van der Waals surface area contributed by atoms with Crippen molar-refractivity contribution in [2.75, 3.05) is 4.90 Å². The molecule has 10 heteroatoms. The van der Waals surface area contributed by atoms with E-state index >= 15 is 0 Å². The van der Waals surface area contributed by atoms with Crippen LogP contribution in [0.1, 0.15) is 23.6 Å². The number of carbonyl (C=O) groups excluding carboxylic acids is 2. The van der Waals surface area contributed by atoms with Gasteiger partial charge in [-0.25, -0.2) is 4.90 Å². The third-order valence-electron chi connectivity index (χ3n) is 6.98. The van der Waals surface area contributed by atoms with Gasteiger partial charge >= 0.3 is 6.36 Å². The van der Waals surface area contributed by atoms with Gasteiger partial charge in [0.1, 0.15) is 5.75 Å². The van der Waals surface area contributed by atoms with E-state index < -0.39 is 40.7 Å². The molecule has 1 heterocycles. The number of alkyl halides is 3. The maximum atomic E-state index is 13.8. The number of piperidine rings is 1. The highest BCUT2D eigenvalue weighted by Gasteiger charge is 2.86. The Kier molecular flexibility index (Phi) is 5.36. The third-order valence-corrected chi connectivity index (χ3v) is 7.42. The standard InChI is InChI=1S/C26H15Cl2F3N2O3/c1-24-21(22(34)33(23(24)35)19-11-17(27)10-18(28)12-19)25(24,15-4-2-14(13-32)3-5-15)16-6-8-20(9-7-16)36-26(29,30)31/h2-12,21H,1H3/t21?,24-,25+/m1/s1. The number of fused-ring (bicyclic) bond motifs is 1. The molecule has 1 unspecified atom stereocenters. The number of halogens is 5. The SMILES string of the molecule is C[C@]12C(=O)N(c3cc(Cl)cc(Cl)c3)C(=O)C1[C@]2(c1ccc(C#N)cc1)c1ccc(OC(F)(F)F)cc1. The molecular formula is C26H15Cl2F3N2O3. The van der Waals surface area contributed by atoms with Crippen LogP contribution in [0.15, 0.2) is 66.7 Å². The minimum Gasteiger partial charge on any atom is -0.406 e. The van der Waals surface area contributed by atoms with Crippen molar-refractivity contribution in [1.29, 1.82) is 5.26 Å². The molecule has 1 saturated heterocycles. The van der Waals surface area contributed by atoms with Gasteiger partial charge < -0.3 is 4.74 Å². The number of carbonyl (C=O) groups is 2. The molecule has 182 valence electrons. The first-order valence-corrected chi connectivity index (χ1v) is 11.4. The van der Waals surface area contributed by atoms with Gasteiger partial charge in [-0.2, -0.15) is 5.26 Å². The number of anilines is 1. The van der Waals surface area contributed by atoms with E-state index in [1.54, 1.807) is 31.2 Å². The van der Waals surface area contributed by atoms with Crippen molar-refractivity contribution < 1.29 is 27.5 Å². The van der Waals surface area contributed by atoms with Gasteiger partial charge in [-0.1, -0.05) is 47.5 Å². The van der Waals surface area contributed by atoms with Crippen LogP contribution in [0.2, 0.25) is 10.0 Å². The van der Waals surface area contributed by atoms with E-state index in [0.717, 1.165) is 17.0 Å². The average molecular weight is 531 g/mol. The lowest BCUT2D eigenvalue weighted by molar-refractivity contribution is -0.274. The maximum absolute atomic E-state index is 13.8. The molecule has 5 rings (SSSR count). The number of ether oxygens (including phenoxy) is 1. The van der Waals surface area contributed by atoms with Crippen molar-refractivity contribution in [3.8, 4) is 11.8 Å². The van der Waals surface area contributed by atoms with Crippen LogP contribution >= 0.6 is 23.2 Å². The summed E-state index contributed by atoms with van der Waals surface area (Å²) in [5.41, 5.74) is -0.738. The molecule has 2 fully saturated rings. The van der Waals surface area contributed by atoms with E-state index in [2.05, 4.69) is 4.74 Å². The molecule has 2 aliphatic rings. The molecule has 1 aliphatic heterocycles. The maximum Gasteiger partial charge on any atom is 0.573 e. The van der Waals surface area contributed by atoms with Crippen LogP contribution in [-0.4, -0.2) is 18.2 Å². The quantitative estimate of drug-likeness (QED) is 0.373. The minimum atomic E-state index is -4.86. The zero-order valence-electron chi connectivity index (χ0n) is 18.4. The van der Waals surface area contributed by atoms with Crippen molar-refractivity contribution in [2.45, 2.75) is 18.7 Å². The monoisotopic (exact) mass is 530 g/mol. The Labute approximate surface area is 213 Å². The number of benzene rings is 3. The number of hydrogen-bond acceptors (Lipinski definition) is 4. The normalized spacial score (nSPS) is 24.9. The van der Waals surface area contributed by atoms with Crippen molar-refractivity contribution in [1.82, 2.24) is 0 Å². The molecule has 0 aromatic heterocycles. The van der Waals surface area contributed by atoms with E-state index in [1.807, 2.05) is 6.07 Å². The lowest BCUT2D eigenvalue weighted by atomic mass is 9.78. The molecule has 1 aliphatic carbocycles. The Morgan fingerprint density at radius 3 is 1.92 bits per heavy atom. The number of imide groups is 1. The van der Waals surface area contributed by atoms with Gasteiger partial charge in [-0.3, -0.25) is 9.59 Å². The van der Waals surface area contributed by atoms with E-state index in [4.69, 9.17) is 23.2 Å². The number of nitriles is 1. The predicted molar refractivity (Wildman–Crippen MR) is 126 cm³/mol. The van der Waals surface area contributed by atoms with Crippen LogP contribution in [0.3, 0.4) is 0 Å². The number of rotatable bonds is 4. The van der Waals surface area contributed by atoms with E-state index in [9.17, 15) is 28.0 Å². The molecule has 0 bridgehead atoms. The number of nitrogens with zero attached hydrogens (tertiary/aromatic N) is 2. The first-order valence-electron chi connectivity index (χ1n) is 10.6. The summed E-state index contributed by atoms with van der Waals surface area (Å²) in [6, 6.07) is 18.0. The molecule has 36 heavy (non-hydrogen) atoms. The highest BCUT2D eigenvalue weighted by atomic mass is 35.5. The second-order valence-corrected chi connectivity index (χ2v) is 9.68. The minimum absolute atomic E-state index is 0.235. The molecule has 5 nitrogen and oxygen atoms in total. The van der Waals surface area contributed by atoms with Crippen LogP contribution in [0.4, 0.5) is 18.9 Å². The molecule has 2 amide bonds. The fourth-order valence-electron chi connectivity index (χ4n) is 5.54. The Balaban J connectivity index is 1.63. The van der Waals surface area contributed by atoms with Crippen LogP contribution in [0.5, 0.6) is 5.75 Å². The van der Waals surface area contributed by atoms with Crippen molar-refractivity contribution in [2.24, 2.45) is 11.3 Å². The van der Waals surface area contributed by atoms with E-state index in [-0.39, 0.29) is 15.7 Å². The van der Waals surface area contributed by atoms with Crippen molar-refractivity contribution in [3.05, 3.63) is 93.5 Å². The van der Waals surface area contributed by atoms with Gasteiger partial charge in [0.2, 0.25) is 11.8 Å².